The number of unbranched alkanes of at least 4 members (excludes halogenated alkanes) is 1. The number of hydrogen-bond donors (Lipinski definition) is 2. The average Bonchev–Trinajstić information content (AvgIpc) is 2.94. The lowest BCUT2D eigenvalue weighted by Crippen LogP contribution is -2.14. The van der Waals surface area contributed by atoms with E-state index in [4.69, 9.17) is 5.11 Å². The molecule has 3 rings (SSSR count). The van der Waals surface area contributed by atoms with Crippen molar-refractivity contribution >= 4 is 10.9 Å². The topological polar surface area (TPSA) is 37.2 Å². The van der Waals surface area contributed by atoms with Crippen LogP contribution in [0.15, 0.2) is 60.8 Å². The predicted octanol–water partition coefficient (Wildman–Crippen LogP) is 3.55. The van der Waals surface area contributed by atoms with E-state index in [-0.39, 0.29) is 6.61 Å². The Morgan fingerprint density at radius 2 is 1.70 bits per heavy atom. The van der Waals surface area contributed by atoms with Crippen LogP contribution in [-0.2, 0) is 13.1 Å². The molecule has 1 heterocycles. The Kier molecular flexibility index (Phi) is 5.46. The summed E-state index contributed by atoms with van der Waals surface area (Å²) in [5.74, 6) is 0. The number of para-hydroxylation sites is 1. The number of rotatable bonds is 8. The summed E-state index contributed by atoms with van der Waals surface area (Å²) in [6.45, 7) is 2.98. The Morgan fingerprint density at radius 3 is 2.52 bits per heavy atom. The molecule has 0 saturated heterocycles. The van der Waals surface area contributed by atoms with Crippen molar-refractivity contribution in [2.45, 2.75) is 25.9 Å². The first-order valence-corrected chi connectivity index (χ1v) is 8.31. The summed E-state index contributed by atoms with van der Waals surface area (Å²) in [6, 6.07) is 19.2. The number of aliphatic hydroxyl groups excluding tert-OH is 1. The standard InChI is InChI=1S/C20H24N2O/c23-13-7-6-12-21-14-18-16-22(15-17-8-2-1-3-9-17)20-11-5-4-10-19(18)20/h1-5,8-11,16,21,23H,6-7,12-15H2. The molecule has 0 saturated carbocycles. The number of nitrogens with zero attached hydrogens (tertiary/aromatic N) is 1. The second-order valence-corrected chi connectivity index (χ2v) is 5.89. The van der Waals surface area contributed by atoms with Crippen LogP contribution in [0.25, 0.3) is 10.9 Å². The van der Waals surface area contributed by atoms with Crippen LogP contribution < -0.4 is 5.32 Å². The van der Waals surface area contributed by atoms with Crippen LogP contribution in [0, 0.1) is 0 Å². The molecular weight excluding hydrogens is 284 g/mol. The number of aliphatic hydroxyl groups is 1. The number of aromatic nitrogens is 1. The van der Waals surface area contributed by atoms with Crippen LogP contribution in [0.2, 0.25) is 0 Å². The fourth-order valence-electron chi connectivity index (χ4n) is 2.96. The van der Waals surface area contributed by atoms with Crippen molar-refractivity contribution in [3.63, 3.8) is 0 Å². The zero-order valence-electron chi connectivity index (χ0n) is 13.4. The van der Waals surface area contributed by atoms with Crippen molar-refractivity contribution in [3.8, 4) is 0 Å². The summed E-state index contributed by atoms with van der Waals surface area (Å²) in [6.07, 6.45) is 4.14. The maximum absolute atomic E-state index is 8.84. The van der Waals surface area contributed by atoms with E-state index in [1.807, 2.05) is 0 Å². The minimum atomic E-state index is 0.276. The molecule has 120 valence electrons. The summed E-state index contributed by atoms with van der Waals surface area (Å²) < 4.78 is 2.33. The number of nitrogens with one attached hydrogen (secondary N) is 1. The van der Waals surface area contributed by atoms with E-state index in [0.29, 0.717) is 0 Å². The van der Waals surface area contributed by atoms with Crippen LogP contribution in [0.1, 0.15) is 24.0 Å². The van der Waals surface area contributed by atoms with Gasteiger partial charge in [-0.2, -0.15) is 0 Å². The third-order valence-electron chi connectivity index (χ3n) is 4.14. The van der Waals surface area contributed by atoms with Crippen molar-refractivity contribution in [1.29, 1.82) is 0 Å². The van der Waals surface area contributed by atoms with E-state index in [9.17, 15) is 0 Å². The van der Waals surface area contributed by atoms with Crippen molar-refractivity contribution in [1.82, 2.24) is 9.88 Å². The fourth-order valence-corrected chi connectivity index (χ4v) is 2.96. The second kappa shape index (κ2) is 7.95. The molecule has 23 heavy (non-hydrogen) atoms. The molecule has 0 aliphatic rings. The van der Waals surface area contributed by atoms with E-state index < -0.39 is 0 Å². The summed E-state index contributed by atoms with van der Waals surface area (Å²) in [7, 11) is 0. The highest BCUT2D eigenvalue weighted by atomic mass is 16.2. The smallest absolute Gasteiger partial charge is 0.0486 e. The highest BCUT2D eigenvalue weighted by molar-refractivity contribution is 5.84. The van der Waals surface area contributed by atoms with E-state index in [0.717, 1.165) is 32.5 Å². The first kappa shape index (κ1) is 15.8. The molecule has 0 amide bonds. The molecule has 0 radical (unpaired) electrons. The SMILES string of the molecule is OCCCCNCc1cn(Cc2ccccc2)c2ccccc12. The Labute approximate surface area is 137 Å². The summed E-state index contributed by atoms with van der Waals surface area (Å²) in [4.78, 5) is 0. The lowest BCUT2D eigenvalue weighted by molar-refractivity contribution is 0.283. The monoisotopic (exact) mass is 308 g/mol. The minimum absolute atomic E-state index is 0.276. The molecular formula is C20H24N2O. The highest BCUT2D eigenvalue weighted by Crippen LogP contribution is 2.22. The fraction of sp³-hybridized carbons (Fsp3) is 0.300. The third kappa shape index (κ3) is 4.01. The Bertz CT molecular complexity index is 734. The van der Waals surface area contributed by atoms with Gasteiger partial charge in [0.05, 0.1) is 0 Å². The summed E-state index contributed by atoms with van der Waals surface area (Å²) in [5, 5.41) is 13.6. The van der Waals surface area contributed by atoms with Gasteiger partial charge in [0.15, 0.2) is 0 Å². The van der Waals surface area contributed by atoms with Crippen molar-refractivity contribution < 1.29 is 5.11 Å². The van der Waals surface area contributed by atoms with Gasteiger partial charge in [-0.05, 0) is 36.6 Å². The molecule has 3 nitrogen and oxygen atoms in total. The van der Waals surface area contributed by atoms with Crippen LogP contribution in [0.5, 0.6) is 0 Å². The number of benzene rings is 2. The highest BCUT2D eigenvalue weighted by Gasteiger charge is 2.08. The minimum Gasteiger partial charge on any atom is -0.396 e. The van der Waals surface area contributed by atoms with Gasteiger partial charge in [-0.25, -0.2) is 0 Å². The van der Waals surface area contributed by atoms with Gasteiger partial charge in [0.2, 0.25) is 0 Å². The first-order valence-electron chi connectivity index (χ1n) is 8.31. The van der Waals surface area contributed by atoms with Gasteiger partial charge in [-0.15, -0.1) is 0 Å². The molecule has 0 spiro atoms. The van der Waals surface area contributed by atoms with Gasteiger partial charge in [0.25, 0.3) is 0 Å². The Hall–Kier alpha value is -2.10. The number of fused-ring (bicyclic) bond motifs is 1. The molecule has 3 heteroatoms. The molecule has 0 fully saturated rings. The summed E-state index contributed by atoms with van der Waals surface area (Å²) >= 11 is 0. The van der Waals surface area contributed by atoms with Crippen LogP contribution in [0.4, 0.5) is 0 Å². The predicted molar refractivity (Wildman–Crippen MR) is 95.5 cm³/mol. The molecule has 0 aliphatic heterocycles. The molecule has 0 atom stereocenters. The van der Waals surface area contributed by atoms with Gasteiger partial charge < -0.3 is 15.0 Å². The van der Waals surface area contributed by atoms with Gasteiger partial charge in [0.1, 0.15) is 0 Å². The zero-order chi connectivity index (χ0) is 15.9. The normalized spacial score (nSPS) is 11.2. The maximum Gasteiger partial charge on any atom is 0.0486 e. The van der Waals surface area contributed by atoms with Gasteiger partial charge in [0, 0.05) is 36.8 Å². The molecule has 0 unspecified atom stereocenters. The largest absolute Gasteiger partial charge is 0.396 e. The van der Waals surface area contributed by atoms with Crippen molar-refractivity contribution in [2.24, 2.45) is 0 Å². The number of hydrogen-bond acceptors (Lipinski definition) is 2. The quantitative estimate of drug-likeness (QED) is 0.624. The molecule has 2 aromatic carbocycles. The lowest BCUT2D eigenvalue weighted by atomic mass is 10.2. The van der Waals surface area contributed by atoms with E-state index in [1.54, 1.807) is 0 Å². The van der Waals surface area contributed by atoms with Crippen LogP contribution in [-0.4, -0.2) is 22.8 Å². The van der Waals surface area contributed by atoms with Crippen molar-refractivity contribution in [3.05, 3.63) is 71.9 Å². The Balaban J connectivity index is 1.76. The molecule has 0 bridgehead atoms. The molecule has 0 aliphatic carbocycles. The molecule has 3 aromatic rings. The van der Waals surface area contributed by atoms with Crippen LogP contribution in [0.3, 0.4) is 0 Å². The van der Waals surface area contributed by atoms with E-state index >= 15 is 0 Å². The van der Waals surface area contributed by atoms with Gasteiger partial charge >= 0.3 is 0 Å². The second-order valence-electron chi connectivity index (χ2n) is 5.89. The third-order valence-corrected chi connectivity index (χ3v) is 4.14. The van der Waals surface area contributed by atoms with E-state index in [1.165, 1.54) is 22.0 Å². The maximum atomic E-state index is 8.84. The lowest BCUT2D eigenvalue weighted by Gasteiger charge is -2.05. The Morgan fingerprint density at radius 1 is 0.913 bits per heavy atom. The average molecular weight is 308 g/mol. The van der Waals surface area contributed by atoms with Gasteiger partial charge in [-0.3, -0.25) is 0 Å². The molecule has 1 aromatic heterocycles. The first-order chi connectivity index (χ1) is 11.4. The van der Waals surface area contributed by atoms with Crippen LogP contribution >= 0.6 is 0 Å². The van der Waals surface area contributed by atoms with Crippen molar-refractivity contribution in [2.75, 3.05) is 13.2 Å². The summed E-state index contributed by atoms with van der Waals surface area (Å²) in [5.41, 5.74) is 3.93. The molecule has 2 N–H and O–H groups in total. The van der Waals surface area contributed by atoms with E-state index in [2.05, 4.69) is 70.7 Å². The zero-order valence-corrected chi connectivity index (χ0v) is 13.4. The van der Waals surface area contributed by atoms with Gasteiger partial charge in [-0.1, -0.05) is 48.5 Å².